The molecule has 1 heterocycles. The first-order valence-electron chi connectivity index (χ1n) is 8.18. The zero-order valence-corrected chi connectivity index (χ0v) is 12.9. The van der Waals surface area contributed by atoms with Gasteiger partial charge in [0, 0.05) is 6.20 Å². The summed E-state index contributed by atoms with van der Waals surface area (Å²) in [6.07, 6.45) is 15.1. The molecule has 0 saturated carbocycles. The average Bonchev–Trinajstić information content (AvgIpc) is 2.46. The Bertz CT molecular complexity index is 342. The first-order chi connectivity index (χ1) is 9.84. The number of rotatable bonds is 12. The van der Waals surface area contributed by atoms with Crippen LogP contribution in [0.1, 0.15) is 71.1 Å². The maximum atomic E-state index is 5.71. The van der Waals surface area contributed by atoms with Gasteiger partial charge in [0.2, 0.25) is 0 Å². The molecule has 0 aliphatic heterocycles. The van der Waals surface area contributed by atoms with E-state index >= 15 is 0 Å². The summed E-state index contributed by atoms with van der Waals surface area (Å²) in [6.45, 7) is 3.01. The monoisotopic (exact) mass is 278 g/mol. The third-order valence-corrected chi connectivity index (χ3v) is 3.56. The molecule has 0 amide bonds. The van der Waals surface area contributed by atoms with Crippen LogP contribution in [0.3, 0.4) is 0 Å². The fourth-order valence-corrected chi connectivity index (χ4v) is 2.30. The number of ether oxygens (including phenoxy) is 1. The second-order valence-corrected chi connectivity index (χ2v) is 5.42. The van der Waals surface area contributed by atoms with E-state index in [1.807, 2.05) is 12.1 Å². The Hall–Kier alpha value is -1.25. The fraction of sp³-hybridized carbons (Fsp3) is 0.706. The van der Waals surface area contributed by atoms with Gasteiger partial charge in [0.25, 0.3) is 0 Å². The molecule has 0 radical (unpaired) electrons. The highest BCUT2D eigenvalue weighted by atomic mass is 16.5. The molecule has 3 nitrogen and oxygen atoms in total. The van der Waals surface area contributed by atoms with Crippen molar-refractivity contribution < 1.29 is 4.74 Å². The minimum Gasteiger partial charge on any atom is -0.490 e. The quantitative estimate of drug-likeness (QED) is 0.549. The summed E-state index contributed by atoms with van der Waals surface area (Å²) >= 11 is 0. The Labute approximate surface area is 123 Å². The van der Waals surface area contributed by atoms with Gasteiger partial charge in [-0.15, -0.1) is 0 Å². The van der Waals surface area contributed by atoms with Gasteiger partial charge >= 0.3 is 0 Å². The molecule has 3 heteroatoms. The summed E-state index contributed by atoms with van der Waals surface area (Å²) in [6, 6.07) is 3.73. The SMILES string of the molecule is CCCCCCCCCCCCOc1cccnc1N. The van der Waals surface area contributed by atoms with Gasteiger partial charge in [-0.1, -0.05) is 64.7 Å². The van der Waals surface area contributed by atoms with Gasteiger partial charge in [-0.2, -0.15) is 0 Å². The highest BCUT2D eigenvalue weighted by Crippen LogP contribution is 2.17. The topological polar surface area (TPSA) is 48.1 Å². The standard InChI is InChI=1S/C17H30N2O/c1-2-3-4-5-6-7-8-9-10-11-15-20-16-13-12-14-19-17(16)18/h12-14H,2-11,15H2,1H3,(H2,18,19). The van der Waals surface area contributed by atoms with Crippen molar-refractivity contribution >= 4 is 5.82 Å². The van der Waals surface area contributed by atoms with Gasteiger partial charge in [-0.3, -0.25) is 0 Å². The van der Waals surface area contributed by atoms with Crippen LogP contribution in [-0.4, -0.2) is 11.6 Å². The van der Waals surface area contributed by atoms with Gasteiger partial charge in [-0.25, -0.2) is 4.98 Å². The van der Waals surface area contributed by atoms with Crippen molar-refractivity contribution in [2.24, 2.45) is 0 Å². The smallest absolute Gasteiger partial charge is 0.166 e. The Morgan fingerprint density at radius 2 is 1.55 bits per heavy atom. The van der Waals surface area contributed by atoms with Gasteiger partial charge in [0.05, 0.1) is 6.61 Å². The predicted molar refractivity (Wildman–Crippen MR) is 86.0 cm³/mol. The van der Waals surface area contributed by atoms with Crippen molar-refractivity contribution in [1.82, 2.24) is 4.98 Å². The summed E-state index contributed by atoms with van der Waals surface area (Å²) in [5.41, 5.74) is 5.71. The first-order valence-corrected chi connectivity index (χ1v) is 8.18. The molecule has 0 aliphatic rings. The zero-order chi connectivity index (χ0) is 14.5. The lowest BCUT2D eigenvalue weighted by molar-refractivity contribution is 0.305. The van der Waals surface area contributed by atoms with Gasteiger partial charge < -0.3 is 10.5 Å². The number of hydrogen-bond acceptors (Lipinski definition) is 3. The fourth-order valence-electron chi connectivity index (χ4n) is 2.30. The molecule has 0 atom stereocenters. The van der Waals surface area contributed by atoms with Crippen molar-refractivity contribution in [3.63, 3.8) is 0 Å². The Kier molecular flexibility index (Phi) is 9.72. The van der Waals surface area contributed by atoms with Crippen LogP contribution in [0, 0.1) is 0 Å². The highest BCUT2D eigenvalue weighted by Gasteiger charge is 1.99. The second-order valence-electron chi connectivity index (χ2n) is 5.42. The average molecular weight is 278 g/mol. The Balaban J connectivity index is 1.87. The maximum absolute atomic E-state index is 5.71. The van der Waals surface area contributed by atoms with E-state index in [1.165, 1.54) is 57.8 Å². The number of nitrogen functional groups attached to an aromatic ring is 1. The zero-order valence-electron chi connectivity index (χ0n) is 12.9. The summed E-state index contributed by atoms with van der Waals surface area (Å²) < 4.78 is 5.62. The normalized spacial score (nSPS) is 10.7. The molecule has 0 fully saturated rings. The van der Waals surface area contributed by atoms with Crippen LogP contribution in [0.25, 0.3) is 0 Å². The van der Waals surface area contributed by atoms with E-state index in [2.05, 4.69) is 11.9 Å². The molecule has 0 spiro atoms. The van der Waals surface area contributed by atoms with Crippen LogP contribution in [-0.2, 0) is 0 Å². The third-order valence-electron chi connectivity index (χ3n) is 3.56. The lowest BCUT2D eigenvalue weighted by Crippen LogP contribution is -2.01. The van der Waals surface area contributed by atoms with Crippen molar-refractivity contribution in [1.29, 1.82) is 0 Å². The molecular weight excluding hydrogens is 248 g/mol. The summed E-state index contributed by atoms with van der Waals surface area (Å²) in [5, 5.41) is 0. The molecule has 1 rings (SSSR count). The van der Waals surface area contributed by atoms with Crippen molar-refractivity contribution in [2.75, 3.05) is 12.3 Å². The number of nitrogens with zero attached hydrogens (tertiary/aromatic N) is 1. The number of pyridine rings is 1. The van der Waals surface area contributed by atoms with Crippen LogP contribution in [0.4, 0.5) is 5.82 Å². The highest BCUT2D eigenvalue weighted by molar-refractivity contribution is 5.44. The number of unbranched alkanes of at least 4 members (excludes halogenated alkanes) is 9. The van der Waals surface area contributed by atoms with E-state index in [0.717, 1.165) is 13.0 Å². The molecule has 1 aromatic heterocycles. The van der Waals surface area contributed by atoms with Crippen LogP contribution < -0.4 is 10.5 Å². The molecule has 0 unspecified atom stereocenters. The molecular formula is C17H30N2O. The van der Waals surface area contributed by atoms with E-state index < -0.39 is 0 Å². The Morgan fingerprint density at radius 1 is 0.950 bits per heavy atom. The maximum Gasteiger partial charge on any atom is 0.166 e. The largest absolute Gasteiger partial charge is 0.490 e. The molecule has 0 saturated heterocycles. The van der Waals surface area contributed by atoms with E-state index in [-0.39, 0.29) is 0 Å². The van der Waals surface area contributed by atoms with Crippen LogP contribution >= 0.6 is 0 Å². The molecule has 0 aromatic carbocycles. The van der Waals surface area contributed by atoms with Gasteiger partial charge in [0.1, 0.15) is 0 Å². The van der Waals surface area contributed by atoms with E-state index in [0.29, 0.717) is 11.6 Å². The van der Waals surface area contributed by atoms with E-state index in [1.54, 1.807) is 6.20 Å². The van der Waals surface area contributed by atoms with Gasteiger partial charge in [0.15, 0.2) is 11.6 Å². The summed E-state index contributed by atoms with van der Waals surface area (Å²) in [7, 11) is 0. The third kappa shape index (κ3) is 8.03. The van der Waals surface area contributed by atoms with Crippen molar-refractivity contribution in [3.8, 4) is 5.75 Å². The van der Waals surface area contributed by atoms with Crippen molar-refractivity contribution in [2.45, 2.75) is 71.1 Å². The number of aromatic nitrogens is 1. The second kappa shape index (κ2) is 11.6. The van der Waals surface area contributed by atoms with Crippen LogP contribution in [0.15, 0.2) is 18.3 Å². The molecule has 20 heavy (non-hydrogen) atoms. The summed E-state index contributed by atoms with van der Waals surface area (Å²) in [5.74, 6) is 1.20. The Morgan fingerprint density at radius 3 is 2.15 bits per heavy atom. The lowest BCUT2D eigenvalue weighted by Gasteiger charge is -2.07. The minimum atomic E-state index is 0.486. The molecule has 0 bridgehead atoms. The molecule has 114 valence electrons. The van der Waals surface area contributed by atoms with E-state index in [9.17, 15) is 0 Å². The number of anilines is 1. The lowest BCUT2D eigenvalue weighted by atomic mass is 10.1. The number of hydrogen-bond donors (Lipinski definition) is 1. The molecule has 0 aliphatic carbocycles. The molecule has 2 N–H and O–H groups in total. The van der Waals surface area contributed by atoms with Crippen LogP contribution in [0.5, 0.6) is 5.75 Å². The van der Waals surface area contributed by atoms with Crippen molar-refractivity contribution in [3.05, 3.63) is 18.3 Å². The van der Waals surface area contributed by atoms with Crippen LogP contribution in [0.2, 0.25) is 0 Å². The predicted octanol–water partition coefficient (Wildman–Crippen LogP) is 4.96. The first kappa shape index (κ1) is 16.8. The van der Waals surface area contributed by atoms with E-state index in [4.69, 9.17) is 10.5 Å². The number of nitrogens with two attached hydrogens (primary N) is 1. The molecule has 1 aromatic rings. The minimum absolute atomic E-state index is 0.486. The van der Waals surface area contributed by atoms with Gasteiger partial charge in [-0.05, 0) is 18.6 Å². The summed E-state index contributed by atoms with van der Waals surface area (Å²) in [4.78, 5) is 4.00.